The molecule has 0 unspecified atom stereocenters. The van der Waals surface area contributed by atoms with E-state index in [-0.39, 0.29) is 11.0 Å². The van der Waals surface area contributed by atoms with E-state index in [0.717, 1.165) is 38.5 Å². The lowest BCUT2D eigenvalue weighted by atomic mass is 9.81. The van der Waals surface area contributed by atoms with Gasteiger partial charge in [-0.1, -0.05) is 0 Å². The number of nitrogens with zero attached hydrogens (tertiary/aromatic N) is 2. The summed E-state index contributed by atoms with van der Waals surface area (Å²) < 4.78 is 0. The highest BCUT2D eigenvalue weighted by atomic mass is 16.3. The number of anilines is 1. The molecule has 1 aromatic heterocycles. The van der Waals surface area contributed by atoms with Gasteiger partial charge in [0, 0.05) is 18.2 Å². The SMILES string of the molecule is CC(C)(C)Nc1nc(CC23CCC(O)(CC2)C3)ncc1C(N)=O. The van der Waals surface area contributed by atoms with Gasteiger partial charge in [0.1, 0.15) is 11.6 Å². The van der Waals surface area contributed by atoms with E-state index in [9.17, 15) is 9.90 Å². The molecule has 1 amide bonds. The molecule has 0 spiro atoms. The molecule has 0 saturated heterocycles. The Morgan fingerprint density at radius 3 is 2.48 bits per heavy atom. The highest BCUT2D eigenvalue weighted by molar-refractivity contribution is 5.97. The van der Waals surface area contributed by atoms with Gasteiger partial charge >= 0.3 is 0 Å². The van der Waals surface area contributed by atoms with Crippen molar-refractivity contribution < 1.29 is 9.90 Å². The third-order valence-corrected chi connectivity index (χ3v) is 5.08. The molecule has 126 valence electrons. The van der Waals surface area contributed by atoms with Gasteiger partial charge in [-0.15, -0.1) is 0 Å². The standard InChI is InChI=1S/C17H26N4O2/c1-15(2,3)21-14-11(13(18)22)9-19-12(20-14)8-16-4-6-17(23,10-16)7-5-16/h9,23H,4-8,10H2,1-3H3,(H2,18,22)(H,19,20,21). The summed E-state index contributed by atoms with van der Waals surface area (Å²) in [6.45, 7) is 6.02. The first-order valence-corrected chi connectivity index (χ1v) is 8.26. The monoisotopic (exact) mass is 318 g/mol. The Morgan fingerprint density at radius 2 is 2.00 bits per heavy atom. The van der Waals surface area contributed by atoms with Crippen molar-refractivity contribution in [2.75, 3.05) is 5.32 Å². The van der Waals surface area contributed by atoms with Crippen molar-refractivity contribution in [3.8, 4) is 0 Å². The summed E-state index contributed by atoms with van der Waals surface area (Å²) >= 11 is 0. The topological polar surface area (TPSA) is 101 Å². The molecule has 0 atom stereocenters. The molecule has 2 bridgehead atoms. The number of aliphatic hydroxyl groups is 1. The maximum atomic E-state index is 11.6. The molecule has 2 aliphatic carbocycles. The zero-order valence-electron chi connectivity index (χ0n) is 14.1. The summed E-state index contributed by atoms with van der Waals surface area (Å²) in [6.07, 6.45) is 6.89. The quantitative estimate of drug-likeness (QED) is 0.788. The van der Waals surface area contributed by atoms with Crippen LogP contribution < -0.4 is 11.1 Å². The molecule has 0 aliphatic heterocycles. The number of nitrogens with one attached hydrogen (secondary N) is 1. The van der Waals surface area contributed by atoms with Crippen LogP contribution in [-0.2, 0) is 6.42 Å². The third-order valence-electron chi connectivity index (χ3n) is 5.08. The zero-order valence-corrected chi connectivity index (χ0v) is 14.1. The molecule has 1 aromatic rings. The second kappa shape index (κ2) is 5.16. The van der Waals surface area contributed by atoms with Gasteiger partial charge < -0.3 is 16.2 Å². The Hall–Kier alpha value is -1.69. The second-order valence-electron chi connectivity index (χ2n) is 8.37. The number of hydrogen-bond donors (Lipinski definition) is 3. The number of primary amides is 1. The number of carbonyl (C=O) groups is 1. The van der Waals surface area contributed by atoms with E-state index in [2.05, 4.69) is 15.3 Å². The minimum atomic E-state index is -0.530. The molecule has 2 saturated carbocycles. The van der Waals surface area contributed by atoms with Crippen LogP contribution in [0.3, 0.4) is 0 Å². The lowest BCUT2D eigenvalue weighted by Crippen LogP contribution is -2.30. The highest BCUT2D eigenvalue weighted by Crippen LogP contribution is 2.57. The average Bonchev–Trinajstić information content (AvgIpc) is 2.89. The summed E-state index contributed by atoms with van der Waals surface area (Å²) in [5.41, 5.74) is 5.16. The molecule has 6 nitrogen and oxygen atoms in total. The Bertz CT molecular complexity index is 628. The number of nitrogens with two attached hydrogens (primary N) is 1. The van der Waals surface area contributed by atoms with Crippen LogP contribution in [0.4, 0.5) is 5.82 Å². The first-order valence-electron chi connectivity index (χ1n) is 8.26. The van der Waals surface area contributed by atoms with Crippen molar-refractivity contribution in [1.82, 2.24) is 9.97 Å². The van der Waals surface area contributed by atoms with Gasteiger partial charge in [0.05, 0.1) is 11.2 Å². The van der Waals surface area contributed by atoms with Crippen LogP contribution in [0.5, 0.6) is 0 Å². The smallest absolute Gasteiger partial charge is 0.254 e. The Labute approximate surface area is 136 Å². The van der Waals surface area contributed by atoms with Gasteiger partial charge in [0.2, 0.25) is 0 Å². The van der Waals surface area contributed by atoms with Crippen molar-refractivity contribution in [1.29, 1.82) is 0 Å². The summed E-state index contributed by atoms with van der Waals surface area (Å²) in [5.74, 6) is 0.683. The fraction of sp³-hybridized carbons (Fsp3) is 0.706. The molecule has 2 aliphatic rings. The predicted molar refractivity (Wildman–Crippen MR) is 88.1 cm³/mol. The Morgan fingerprint density at radius 1 is 1.35 bits per heavy atom. The number of rotatable bonds is 4. The largest absolute Gasteiger partial charge is 0.390 e. The normalized spacial score (nSPS) is 29.7. The lowest BCUT2D eigenvalue weighted by Gasteiger charge is -2.26. The number of carbonyl (C=O) groups excluding carboxylic acids is 1. The van der Waals surface area contributed by atoms with Gasteiger partial charge in [-0.3, -0.25) is 4.79 Å². The van der Waals surface area contributed by atoms with Crippen LogP contribution in [0.2, 0.25) is 0 Å². The Balaban J connectivity index is 1.86. The van der Waals surface area contributed by atoms with Gasteiger partial charge in [-0.2, -0.15) is 0 Å². The summed E-state index contributed by atoms with van der Waals surface area (Å²) in [7, 11) is 0. The van der Waals surface area contributed by atoms with Crippen molar-refractivity contribution in [3.05, 3.63) is 17.6 Å². The second-order valence-corrected chi connectivity index (χ2v) is 8.37. The van der Waals surface area contributed by atoms with Crippen LogP contribution in [0.25, 0.3) is 0 Å². The van der Waals surface area contributed by atoms with E-state index < -0.39 is 11.5 Å². The van der Waals surface area contributed by atoms with Gasteiger partial charge in [-0.05, 0) is 58.3 Å². The first-order chi connectivity index (χ1) is 10.6. The molecule has 0 aromatic carbocycles. The van der Waals surface area contributed by atoms with Gasteiger partial charge in [-0.25, -0.2) is 9.97 Å². The third kappa shape index (κ3) is 3.32. The molecule has 3 rings (SSSR count). The van der Waals surface area contributed by atoms with Crippen molar-refractivity contribution in [3.63, 3.8) is 0 Å². The molecular weight excluding hydrogens is 292 g/mol. The first kappa shape index (κ1) is 16.2. The summed E-state index contributed by atoms with van der Waals surface area (Å²) in [6, 6.07) is 0. The van der Waals surface area contributed by atoms with Gasteiger partial charge in [0.25, 0.3) is 5.91 Å². The van der Waals surface area contributed by atoms with E-state index >= 15 is 0 Å². The summed E-state index contributed by atoms with van der Waals surface area (Å²) in [5, 5.41) is 13.6. The van der Waals surface area contributed by atoms with E-state index in [4.69, 9.17) is 5.73 Å². The van der Waals surface area contributed by atoms with Crippen molar-refractivity contribution >= 4 is 11.7 Å². The van der Waals surface area contributed by atoms with Crippen molar-refractivity contribution in [2.45, 2.75) is 70.4 Å². The summed E-state index contributed by atoms with van der Waals surface area (Å²) in [4.78, 5) is 20.5. The van der Waals surface area contributed by atoms with Crippen LogP contribution in [-0.4, -0.2) is 32.1 Å². The minimum absolute atomic E-state index is 0.113. The maximum Gasteiger partial charge on any atom is 0.254 e. The number of fused-ring (bicyclic) bond motifs is 2. The Kier molecular flexibility index (Phi) is 3.63. The maximum absolute atomic E-state index is 11.6. The van der Waals surface area contributed by atoms with Gasteiger partial charge in [0.15, 0.2) is 0 Å². The fourth-order valence-electron chi connectivity index (χ4n) is 4.01. The van der Waals surface area contributed by atoms with Crippen LogP contribution in [0.1, 0.15) is 69.1 Å². The molecular formula is C17H26N4O2. The van der Waals surface area contributed by atoms with Crippen LogP contribution in [0, 0.1) is 5.41 Å². The molecule has 2 fully saturated rings. The van der Waals surface area contributed by atoms with E-state index in [1.807, 2.05) is 20.8 Å². The number of amides is 1. The van der Waals surface area contributed by atoms with E-state index in [1.54, 1.807) is 0 Å². The zero-order chi connectivity index (χ0) is 16.9. The molecule has 23 heavy (non-hydrogen) atoms. The van der Waals surface area contributed by atoms with Crippen molar-refractivity contribution in [2.24, 2.45) is 11.1 Å². The van der Waals surface area contributed by atoms with E-state index in [0.29, 0.717) is 17.2 Å². The highest BCUT2D eigenvalue weighted by Gasteiger charge is 2.53. The van der Waals surface area contributed by atoms with Crippen LogP contribution in [0.15, 0.2) is 6.20 Å². The number of aromatic nitrogens is 2. The predicted octanol–water partition coefficient (Wildman–Crippen LogP) is 2.02. The van der Waals surface area contributed by atoms with E-state index in [1.165, 1.54) is 6.20 Å². The fourth-order valence-corrected chi connectivity index (χ4v) is 4.01. The molecule has 1 heterocycles. The molecule has 4 N–H and O–H groups in total. The molecule has 6 heteroatoms. The molecule has 0 radical (unpaired) electrons. The average molecular weight is 318 g/mol. The number of hydrogen-bond acceptors (Lipinski definition) is 5. The van der Waals surface area contributed by atoms with Crippen LogP contribution >= 0.6 is 0 Å². The lowest BCUT2D eigenvalue weighted by molar-refractivity contribution is 0.0521. The minimum Gasteiger partial charge on any atom is -0.390 e.